The number of alkyl halides is 3. The van der Waals surface area contributed by atoms with E-state index in [4.69, 9.17) is 0 Å². The summed E-state index contributed by atoms with van der Waals surface area (Å²) in [5, 5.41) is 5.37. The van der Waals surface area contributed by atoms with Gasteiger partial charge in [-0.05, 0) is 19.8 Å². The van der Waals surface area contributed by atoms with Gasteiger partial charge in [-0.1, -0.05) is 19.4 Å². The van der Waals surface area contributed by atoms with Crippen LogP contribution in [0.1, 0.15) is 33.1 Å². The molecule has 0 aromatic rings. The minimum atomic E-state index is -4.52. The second kappa shape index (κ2) is 12.2. The number of halogens is 3. The Morgan fingerprint density at radius 2 is 2.00 bits per heavy atom. The van der Waals surface area contributed by atoms with Gasteiger partial charge in [0.1, 0.15) is 0 Å². The number of allylic oxidation sites excluding steroid dienone is 2. The van der Waals surface area contributed by atoms with E-state index in [2.05, 4.69) is 20.4 Å². The molecular formula is C17H29F3N4O2. The Balaban J connectivity index is 5.10. The molecule has 0 aromatic heterocycles. The van der Waals surface area contributed by atoms with Gasteiger partial charge in [0, 0.05) is 39.1 Å². The molecule has 9 heteroatoms. The smallest absolute Gasteiger partial charge is 0.419 e. The molecule has 0 aromatic carbocycles. The van der Waals surface area contributed by atoms with Crippen molar-refractivity contribution in [3.05, 3.63) is 23.5 Å². The first-order chi connectivity index (χ1) is 12.2. The number of amides is 1. The highest BCUT2D eigenvalue weighted by atomic mass is 19.4. The van der Waals surface area contributed by atoms with Crippen LogP contribution in [-0.4, -0.2) is 57.3 Å². The van der Waals surface area contributed by atoms with Crippen molar-refractivity contribution in [2.75, 3.05) is 34.3 Å². The molecule has 0 aliphatic heterocycles. The van der Waals surface area contributed by atoms with Gasteiger partial charge in [-0.3, -0.25) is 4.99 Å². The quantitative estimate of drug-likeness (QED) is 0.279. The van der Waals surface area contributed by atoms with E-state index in [0.29, 0.717) is 25.2 Å². The molecule has 6 nitrogen and oxygen atoms in total. The van der Waals surface area contributed by atoms with Crippen LogP contribution in [0, 0.1) is 0 Å². The van der Waals surface area contributed by atoms with E-state index >= 15 is 0 Å². The molecule has 0 bridgehead atoms. The fraction of sp³-hybridized carbons (Fsp3) is 0.647. The van der Waals surface area contributed by atoms with E-state index in [1.165, 1.54) is 25.1 Å². The van der Waals surface area contributed by atoms with Crippen LogP contribution in [0.25, 0.3) is 0 Å². The molecule has 0 aliphatic rings. The van der Waals surface area contributed by atoms with Crippen LogP contribution in [-0.2, 0) is 4.74 Å². The predicted molar refractivity (Wildman–Crippen MR) is 97.0 cm³/mol. The number of amidine groups is 1. The highest BCUT2D eigenvalue weighted by molar-refractivity contribution is 5.80. The number of rotatable bonds is 9. The maximum absolute atomic E-state index is 13.4. The summed E-state index contributed by atoms with van der Waals surface area (Å²) in [6, 6.07) is 0. The molecule has 0 radical (unpaired) electrons. The van der Waals surface area contributed by atoms with E-state index < -0.39 is 17.8 Å². The number of hydrogen-bond donors (Lipinski definition) is 2. The van der Waals surface area contributed by atoms with Crippen molar-refractivity contribution in [1.29, 1.82) is 0 Å². The van der Waals surface area contributed by atoms with Crippen molar-refractivity contribution in [3.63, 3.8) is 0 Å². The van der Waals surface area contributed by atoms with Gasteiger partial charge < -0.3 is 20.3 Å². The number of nitrogens with one attached hydrogen (secondary N) is 2. The lowest BCUT2D eigenvalue weighted by Gasteiger charge is -2.19. The van der Waals surface area contributed by atoms with Crippen molar-refractivity contribution in [2.45, 2.75) is 39.3 Å². The first-order valence-corrected chi connectivity index (χ1v) is 8.38. The molecule has 1 amide bonds. The van der Waals surface area contributed by atoms with E-state index in [1.54, 1.807) is 14.0 Å². The zero-order chi connectivity index (χ0) is 20.2. The van der Waals surface area contributed by atoms with E-state index in [0.717, 1.165) is 12.6 Å². The third-order valence-electron chi connectivity index (χ3n) is 3.47. The number of hydrogen-bond acceptors (Lipinski definition) is 4. The summed E-state index contributed by atoms with van der Waals surface area (Å²) in [7, 11) is 4.34. The Labute approximate surface area is 153 Å². The molecule has 0 fully saturated rings. The normalized spacial score (nSPS) is 13.5. The average molecular weight is 378 g/mol. The van der Waals surface area contributed by atoms with Crippen LogP contribution in [0.5, 0.6) is 0 Å². The van der Waals surface area contributed by atoms with Crippen molar-refractivity contribution in [3.8, 4) is 0 Å². The summed E-state index contributed by atoms with van der Waals surface area (Å²) in [5.41, 5.74) is -0.785. The van der Waals surface area contributed by atoms with Gasteiger partial charge in [-0.25, -0.2) is 4.79 Å². The molecule has 2 N–H and O–H groups in total. The van der Waals surface area contributed by atoms with Crippen LogP contribution in [0.2, 0.25) is 0 Å². The molecule has 0 atom stereocenters. The van der Waals surface area contributed by atoms with Gasteiger partial charge in [0.25, 0.3) is 0 Å². The monoisotopic (exact) mass is 378 g/mol. The Bertz CT molecular complexity index is 529. The van der Waals surface area contributed by atoms with Crippen molar-refractivity contribution in [2.24, 2.45) is 4.99 Å². The topological polar surface area (TPSA) is 66.0 Å². The van der Waals surface area contributed by atoms with Gasteiger partial charge in [-0.2, -0.15) is 13.2 Å². The first-order valence-electron chi connectivity index (χ1n) is 8.38. The van der Waals surface area contributed by atoms with Gasteiger partial charge in [-0.15, -0.1) is 0 Å². The number of carbonyl (C=O) groups excluding carboxylic acids is 1. The Morgan fingerprint density at radius 1 is 1.35 bits per heavy atom. The SMILES string of the molecule is CCC/C=C(NCCCN(C)C(=O)OC)/C(=C\NC(C)=NC)C(F)(F)F. The minimum absolute atomic E-state index is 0.0106. The Morgan fingerprint density at radius 3 is 2.50 bits per heavy atom. The second-order valence-corrected chi connectivity index (χ2v) is 5.59. The summed E-state index contributed by atoms with van der Waals surface area (Å²) in [5.74, 6) is 0.376. The van der Waals surface area contributed by atoms with Crippen LogP contribution >= 0.6 is 0 Å². The van der Waals surface area contributed by atoms with E-state index in [1.807, 2.05) is 6.92 Å². The standard InChI is InChI=1S/C17H29F3N4O2/c1-6-7-9-15(22-10-8-11-24(4)16(25)26-5)14(17(18,19)20)12-23-13(2)21-3/h9,12,22H,6-8,10-11H2,1-5H3,(H,21,23)/b14-12+,15-9-. The molecule has 0 saturated carbocycles. The maximum Gasteiger partial charge on any atom is 0.419 e. The van der Waals surface area contributed by atoms with Crippen LogP contribution in [0.4, 0.5) is 18.0 Å². The third kappa shape index (κ3) is 9.33. The lowest BCUT2D eigenvalue weighted by molar-refractivity contribution is -0.0901. The highest BCUT2D eigenvalue weighted by Crippen LogP contribution is 2.30. The highest BCUT2D eigenvalue weighted by Gasteiger charge is 2.36. The molecule has 26 heavy (non-hydrogen) atoms. The van der Waals surface area contributed by atoms with Crippen molar-refractivity contribution in [1.82, 2.24) is 15.5 Å². The molecule has 0 unspecified atom stereocenters. The molecule has 0 saturated heterocycles. The third-order valence-corrected chi connectivity index (χ3v) is 3.47. The van der Waals surface area contributed by atoms with Crippen molar-refractivity contribution < 1.29 is 22.7 Å². The number of nitrogens with zero attached hydrogens (tertiary/aromatic N) is 2. The lowest BCUT2D eigenvalue weighted by Crippen LogP contribution is -2.31. The molecular weight excluding hydrogens is 349 g/mol. The van der Waals surface area contributed by atoms with Crippen LogP contribution in [0.15, 0.2) is 28.5 Å². The number of carbonyl (C=O) groups is 1. The van der Waals surface area contributed by atoms with Gasteiger partial charge >= 0.3 is 12.3 Å². The van der Waals surface area contributed by atoms with Gasteiger partial charge in [0.05, 0.1) is 18.5 Å². The van der Waals surface area contributed by atoms with E-state index in [-0.39, 0.29) is 12.2 Å². The van der Waals surface area contributed by atoms with E-state index in [9.17, 15) is 18.0 Å². The number of ether oxygens (including phenoxy) is 1. The van der Waals surface area contributed by atoms with Crippen molar-refractivity contribution >= 4 is 11.9 Å². The summed E-state index contributed by atoms with van der Waals surface area (Å²) < 4.78 is 44.9. The number of unbranched alkanes of at least 4 members (excludes halogenated alkanes) is 1. The summed E-state index contributed by atoms with van der Waals surface area (Å²) >= 11 is 0. The lowest BCUT2D eigenvalue weighted by atomic mass is 10.1. The average Bonchev–Trinajstić information content (AvgIpc) is 2.59. The summed E-state index contributed by atoms with van der Waals surface area (Å²) in [6.45, 7) is 4.12. The molecule has 150 valence electrons. The van der Waals surface area contributed by atoms with Crippen LogP contribution in [0.3, 0.4) is 0 Å². The zero-order valence-electron chi connectivity index (χ0n) is 16.0. The summed E-state index contributed by atoms with van der Waals surface area (Å²) in [4.78, 5) is 16.4. The molecule has 0 rings (SSSR count). The second-order valence-electron chi connectivity index (χ2n) is 5.59. The first kappa shape index (κ1) is 23.8. The van der Waals surface area contributed by atoms with Crippen LogP contribution < -0.4 is 10.6 Å². The van der Waals surface area contributed by atoms with Gasteiger partial charge in [0.2, 0.25) is 0 Å². The number of aliphatic imine (C=N–C) groups is 1. The fourth-order valence-corrected chi connectivity index (χ4v) is 1.91. The molecule has 0 spiro atoms. The fourth-order valence-electron chi connectivity index (χ4n) is 1.91. The molecule has 0 aliphatic carbocycles. The predicted octanol–water partition coefficient (Wildman–Crippen LogP) is 3.43. The Kier molecular flexibility index (Phi) is 11.2. The largest absolute Gasteiger partial charge is 0.453 e. The number of methoxy groups -OCH3 is 1. The Hall–Kier alpha value is -2.19. The minimum Gasteiger partial charge on any atom is -0.453 e. The zero-order valence-corrected chi connectivity index (χ0v) is 16.0. The van der Waals surface area contributed by atoms with Gasteiger partial charge in [0.15, 0.2) is 0 Å². The summed E-state index contributed by atoms with van der Waals surface area (Å²) in [6.07, 6.45) is -0.843. The maximum atomic E-state index is 13.4. The molecule has 0 heterocycles.